The van der Waals surface area contributed by atoms with Crippen LogP contribution in [-0.4, -0.2) is 25.7 Å². The minimum Gasteiger partial charge on any atom is -0.486 e. The van der Waals surface area contributed by atoms with E-state index in [4.69, 9.17) is 10.5 Å². The van der Waals surface area contributed by atoms with Gasteiger partial charge in [0.2, 0.25) is 0 Å². The van der Waals surface area contributed by atoms with Gasteiger partial charge in [0.05, 0.1) is 12.2 Å². The number of benzene rings is 1. The van der Waals surface area contributed by atoms with E-state index < -0.39 is 0 Å². The van der Waals surface area contributed by atoms with Crippen molar-refractivity contribution >= 4 is 5.69 Å². The van der Waals surface area contributed by atoms with Crippen molar-refractivity contribution in [2.75, 3.05) is 24.5 Å². The lowest BCUT2D eigenvalue weighted by molar-refractivity contribution is 0.190. The van der Waals surface area contributed by atoms with Gasteiger partial charge in [-0.15, -0.1) is 0 Å². The third kappa shape index (κ3) is 2.78. The molecule has 1 aromatic carbocycles. The van der Waals surface area contributed by atoms with E-state index in [1.54, 1.807) is 0 Å². The first-order valence-electron chi connectivity index (χ1n) is 7.03. The molecule has 0 aliphatic carbocycles. The maximum atomic E-state index is 6.01. The largest absolute Gasteiger partial charge is 0.486 e. The Hall–Kier alpha value is -1.22. The third-order valence-corrected chi connectivity index (χ3v) is 3.59. The van der Waals surface area contributed by atoms with Crippen molar-refractivity contribution in [3.8, 4) is 5.75 Å². The van der Waals surface area contributed by atoms with Crippen LogP contribution in [0.5, 0.6) is 5.75 Å². The average molecular weight is 248 g/mol. The first kappa shape index (κ1) is 13.2. The van der Waals surface area contributed by atoms with Crippen LogP contribution < -0.4 is 15.4 Å². The smallest absolute Gasteiger partial charge is 0.143 e. The molecular weight excluding hydrogens is 224 g/mol. The minimum absolute atomic E-state index is 0.326. The van der Waals surface area contributed by atoms with E-state index in [9.17, 15) is 0 Å². The van der Waals surface area contributed by atoms with Gasteiger partial charge in [-0.1, -0.05) is 13.0 Å². The van der Waals surface area contributed by atoms with Gasteiger partial charge in [-0.3, -0.25) is 0 Å². The summed E-state index contributed by atoms with van der Waals surface area (Å²) in [6.07, 6.45) is 3.49. The van der Waals surface area contributed by atoms with Gasteiger partial charge in [-0.05, 0) is 50.4 Å². The van der Waals surface area contributed by atoms with E-state index in [1.807, 2.05) is 0 Å². The molecule has 1 aliphatic rings. The number of likely N-dealkylation sites (N-methyl/N-ethyl adjacent to an activating group) is 1. The van der Waals surface area contributed by atoms with Crippen molar-refractivity contribution in [3.05, 3.63) is 23.8 Å². The fourth-order valence-electron chi connectivity index (χ4n) is 2.44. The van der Waals surface area contributed by atoms with Gasteiger partial charge < -0.3 is 15.4 Å². The monoisotopic (exact) mass is 248 g/mol. The SMILES string of the molecule is CCC1CN(CC)c2cc(CCCN)ccc2O1. The lowest BCUT2D eigenvalue weighted by Gasteiger charge is -2.35. The number of ether oxygens (including phenoxy) is 1. The van der Waals surface area contributed by atoms with Crippen molar-refractivity contribution in [1.82, 2.24) is 0 Å². The Balaban J connectivity index is 2.21. The molecule has 1 unspecified atom stereocenters. The van der Waals surface area contributed by atoms with Crippen LogP contribution in [0.3, 0.4) is 0 Å². The Labute approximate surface area is 110 Å². The summed E-state index contributed by atoms with van der Waals surface area (Å²) in [6.45, 7) is 7.17. The van der Waals surface area contributed by atoms with Crippen LogP contribution in [0.1, 0.15) is 32.3 Å². The lowest BCUT2D eigenvalue weighted by atomic mass is 10.1. The van der Waals surface area contributed by atoms with Crippen LogP contribution in [0, 0.1) is 0 Å². The number of nitrogens with zero attached hydrogens (tertiary/aromatic N) is 1. The molecule has 1 aromatic rings. The van der Waals surface area contributed by atoms with Gasteiger partial charge in [0.25, 0.3) is 0 Å². The zero-order valence-electron chi connectivity index (χ0n) is 11.5. The third-order valence-electron chi connectivity index (χ3n) is 3.59. The molecule has 18 heavy (non-hydrogen) atoms. The van der Waals surface area contributed by atoms with Gasteiger partial charge in [0, 0.05) is 6.54 Å². The molecule has 1 heterocycles. The summed E-state index contributed by atoms with van der Waals surface area (Å²) in [5, 5.41) is 0. The van der Waals surface area contributed by atoms with Gasteiger partial charge >= 0.3 is 0 Å². The summed E-state index contributed by atoms with van der Waals surface area (Å²) in [5.74, 6) is 1.03. The van der Waals surface area contributed by atoms with Crippen LogP contribution in [0.15, 0.2) is 18.2 Å². The zero-order chi connectivity index (χ0) is 13.0. The molecule has 0 spiro atoms. The Morgan fingerprint density at radius 2 is 2.22 bits per heavy atom. The van der Waals surface area contributed by atoms with Crippen LogP contribution in [-0.2, 0) is 6.42 Å². The predicted octanol–water partition coefficient (Wildman–Crippen LogP) is 2.58. The molecular formula is C15H24N2O. The lowest BCUT2D eigenvalue weighted by Crippen LogP contribution is -2.39. The second-order valence-corrected chi connectivity index (χ2v) is 4.88. The van der Waals surface area contributed by atoms with Crippen molar-refractivity contribution in [2.45, 2.75) is 39.2 Å². The number of aryl methyl sites for hydroxylation is 1. The first-order chi connectivity index (χ1) is 8.78. The Morgan fingerprint density at radius 1 is 1.39 bits per heavy atom. The summed E-state index contributed by atoms with van der Waals surface area (Å²) in [4.78, 5) is 2.42. The van der Waals surface area contributed by atoms with Gasteiger partial charge in [0.15, 0.2) is 0 Å². The maximum absolute atomic E-state index is 6.01. The molecule has 0 bridgehead atoms. The number of fused-ring (bicyclic) bond motifs is 1. The Bertz CT molecular complexity index is 392. The van der Waals surface area contributed by atoms with E-state index in [0.29, 0.717) is 6.10 Å². The highest BCUT2D eigenvalue weighted by molar-refractivity contribution is 5.61. The quantitative estimate of drug-likeness (QED) is 0.870. The fourth-order valence-corrected chi connectivity index (χ4v) is 2.44. The summed E-state index contributed by atoms with van der Waals surface area (Å²) in [5.41, 5.74) is 8.17. The molecule has 1 atom stereocenters. The van der Waals surface area contributed by atoms with Crippen molar-refractivity contribution < 1.29 is 4.74 Å². The first-order valence-corrected chi connectivity index (χ1v) is 7.03. The number of hydrogen-bond acceptors (Lipinski definition) is 3. The fraction of sp³-hybridized carbons (Fsp3) is 0.600. The molecule has 0 aromatic heterocycles. The predicted molar refractivity (Wildman–Crippen MR) is 76.4 cm³/mol. The second-order valence-electron chi connectivity index (χ2n) is 4.88. The number of nitrogens with two attached hydrogens (primary N) is 1. The maximum Gasteiger partial charge on any atom is 0.143 e. The molecule has 0 amide bonds. The molecule has 1 aliphatic heterocycles. The van der Waals surface area contributed by atoms with Gasteiger partial charge in [-0.25, -0.2) is 0 Å². The van der Waals surface area contributed by atoms with Crippen molar-refractivity contribution in [1.29, 1.82) is 0 Å². The van der Waals surface area contributed by atoms with E-state index in [2.05, 4.69) is 36.9 Å². The Morgan fingerprint density at radius 3 is 2.89 bits per heavy atom. The minimum atomic E-state index is 0.326. The molecule has 0 saturated heterocycles. The molecule has 100 valence electrons. The normalized spacial score (nSPS) is 18.4. The van der Waals surface area contributed by atoms with Gasteiger partial charge in [0.1, 0.15) is 11.9 Å². The molecule has 2 N–H and O–H groups in total. The van der Waals surface area contributed by atoms with Crippen LogP contribution in [0.2, 0.25) is 0 Å². The average Bonchev–Trinajstić information content (AvgIpc) is 2.43. The van der Waals surface area contributed by atoms with E-state index in [0.717, 1.165) is 44.6 Å². The topological polar surface area (TPSA) is 38.5 Å². The number of anilines is 1. The molecule has 3 heteroatoms. The summed E-state index contributed by atoms with van der Waals surface area (Å²) in [6, 6.07) is 6.55. The molecule has 3 nitrogen and oxygen atoms in total. The second kappa shape index (κ2) is 6.10. The molecule has 0 saturated carbocycles. The highest BCUT2D eigenvalue weighted by Gasteiger charge is 2.23. The van der Waals surface area contributed by atoms with Crippen molar-refractivity contribution in [3.63, 3.8) is 0 Å². The number of hydrogen-bond donors (Lipinski definition) is 1. The van der Waals surface area contributed by atoms with E-state index in [-0.39, 0.29) is 0 Å². The summed E-state index contributed by atoms with van der Waals surface area (Å²) < 4.78 is 6.01. The van der Waals surface area contributed by atoms with Crippen LogP contribution in [0.4, 0.5) is 5.69 Å². The van der Waals surface area contributed by atoms with Gasteiger partial charge in [-0.2, -0.15) is 0 Å². The summed E-state index contributed by atoms with van der Waals surface area (Å²) >= 11 is 0. The summed E-state index contributed by atoms with van der Waals surface area (Å²) in [7, 11) is 0. The van der Waals surface area contributed by atoms with E-state index >= 15 is 0 Å². The highest BCUT2D eigenvalue weighted by atomic mass is 16.5. The van der Waals surface area contributed by atoms with Crippen LogP contribution in [0.25, 0.3) is 0 Å². The molecule has 2 rings (SSSR count). The Kier molecular flexibility index (Phi) is 4.48. The molecule has 0 fully saturated rings. The highest BCUT2D eigenvalue weighted by Crippen LogP contribution is 2.34. The number of rotatable bonds is 5. The molecule has 0 radical (unpaired) electrons. The standard InChI is InChI=1S/C15H24N2O/c1-3-13-11-17(4-2)14-10-12(6-5-9-16)7-8-15(14)18-13/h7-8,10,13H,3-6,9,11,16H2,1-2H3. The van der Waals surface area contributed by atoms with E-state index in [1.165, 1.54) is 11.3 Å². The van der Waals surface area contributed by atoms with Crippen LogP contribution >= 0.6 is 0 Å². The zero-order valence-corrected chi connectivity index (χ0v) is 11.5. The van der Waals surface area contributed by atoms with Crippen molar-refractivity contribution in [2.24, 2.45) is 5.73 Å².